The van der Waals surface area contributed by atoms with Crippen molar-refractivity contribution in [2.75, 3.05) is 26.2 Å². The van der Waals surface area contributed by atoms with Crippen molar-refractivity contribution < 1.29 is 8.42 Å². The van der Waals surface area contributed by atoms with Gasteiger partial charge in [-0.15, -0.1) is 0 Å². The molecule has 0 atom stereocenters. The number of aromatic nitrogens is 2. The summed E-state index contributed by atoms with van der Waals surface area (Å²) in [5.41, 5.74) is 0. The maximum absolute atomic E-state index is 12.2. The van der Waals surface area contributed by atoms with E-state index in [9.17, 15) is 8.42 Å². The molecular formula is C10H18N4O2S. The Balaban J connectivity index is 2.18. The van der Waals surface area contributed by atoms with Crippen LogP contribution in [-0.4, -0.2) is 48.7 Å². The van der Waals surface area contributed by atoms with E-state index in [0.717, 1.165) is 13.0 Å². The molecule has 1 fully saturated rings. The van der Waals surface area contributed by atoms with E-state index >= 15 is 0 Å². The summed E-state index contributed by atoms with van der Waals surface area (Å²) in [6.07, 6.45) is 3.99. The molecule has 0 aliphatic carbocycles. The predicted molar refractivity (Wildman–Crippen MR) is 64.1 cm³/mol. The van der Waals surface area contributed by atoms with Crippen LogP contribution in [0.4, 0.5) is 0 Å². The van der Waals surface area contributed by atoms with Gasteiger partial charge in [0, 0.05) is 38.9 Å². The van der Waals surface area contributed by atoms with Gasteiger partial charge < -0.3 is 5.32 Å². The topological polar surface area (TPSA) is 67.2 Å². The molecule has 96 valence electrons. The van der Waals surface area contributed by atoms with Gasteiger partial charge in [0.2, 0.25) is 10.0 Å². The fourth-order valence-corrected chi connectivity index (χ4v) is 3.26. The lowest BCUT2D eigenvalue weighted by Crippen LogP contribution is -2.46. The minimum absolute atomic E-state index is 0.299. The summed E-state index contributed by atoms with van der Waals surface area (Å²) in [6, 6.07) is 0. The molecule has 0 radical (unpaired) electrons. The Hall–Kier alpha value is -0.920. The SMILES string of the molecule is CCCn1cc(S(=O)(=O)N2CCNCC2)cn1. The first-order chi connectivity index (χ1) is 8.14. The average Bonchev–Trinajstić information content (AvgIpc) is 2.80. The standard InChI is InChI=1S/C10H18N4O2S/c1-2-5-13-9-10(8-12-13)17(15,16)14-6-3-11-4-7-14/h8-9,11H,2-7H2,1H3. The normalized spacial score (nSPS) is 18.4. The molecule has 1 aromatic rings. The number of aryl methyl sites for hydroxylation is 1. The van der Waals surface area contributed by atoms with Gasteiger partial charge in [-0.05, 0) is 6.42 Å². The zero-order valence-electron chi connectivity index (χ0n) is 9.96. The van der Waals surface area contributed by atoms with E-state index < -0.39 is 10.0 Å². The van der Waals surface area contributed by atoms with Gasteiger partial charge in [-0.2, -0.15) is 9.40 Å². The Morgan fingerprint density at radius 2 is 2.12 bits per heavy atom. The zero-order valence-corrected chi connectivity index (χ0v) is 10.8. The van der Waals surface area contributed by atoms with E-state index in [4.69, 9.17) is 0 Å². The first-order valence-electron chi connectivity index (χ1n) is 5.88. The molecule has 2 rings (SSSR count). The van der Waals surface area contributed by atoms with Crippen molar-refractivity contribution in [3.05, 3.63) is 12.4 Å². The van der Waals surface area contributed by atoms with Crippen LogP contribution in [0.15, 0.2) is 17.3 Å². The highest BCUT2D eigenvalue weighted by Crippen LogP contribution is 2.15. The summed E-state index contributed by atoms with van der Waals surface area (Å²) in [6.45, 7) is 5.26. The van der Waals surface area contributed by atoms with E-state index in [1.165, 1.54) is 10.5 Å². The molecular weight excluding hydrogens is 240 g/mol. The number of nitrogens with zero attached hydrogens (tertiary/aromatic N) is 3. The van der Waals surface area contributed by atoms with Crippen molar-refractivity contribution in [2.45, 2.75) is 24.8 Å². The van der Waals surface area contributed by atoms with Crippen LogP contribution in [0.1, 0.15) is 13.3 Å². The van der Waals surface area contributed by atoms with Gasteiger partial charge in [-0.25, -0.2) is 8.42 Å². The van der Waals surface area contributed by atoms with Crippen LogP contribution in [0.25, 0.3) is 0 Å². The van der Waals surface area contributed by atoms with Crippen LogP contribution >= 0.6 is 0 Å². The number of nitrogens with one attached hydrogen (secondary N) is 1. The molecule has 1 aromatic heterocycles. The minimum atomic E-state index is -3.35. The largest absolute Gasteiger partial charge is 0.314 e. The Morgan fingerprint density at radius 3 is 2.76 bits per heavy atom. The summed E-state index contributed by atoms with van der Waals surface area (Å²) in [4.78, 5) is 0.299. The second-order valence-electron chi connectivity index (χ2n) is 4.09. The smallest absolute Gasteiger partial charge is 0.246 e. The fraction of sp³-hybridized carbons (Fsp3) is 0.700. The van der Waals surface area contributed by atoms with Gasteiger partial charge in [-0.1, -0.05) is 6.92 Å². The summed E-state index contributed by atoms with van der Waals surface area (Å²) >= 11 is 0. The third-order valence-corrected chi connectivity index (χ3v) is 4.63. The second-order valence-corrected chi connectivity index (χ2v) is 6.03. The molecule has 0 aromatic carbocycles. The Labute approximate surface area is 102 Å². The van der Waals surface area contributed by atoms with Crippen LogP contribution in [-0.2, 0) is 16.6 Å². The molecule has 1 aliphatic rings. The quantitative estimate of drug-likeness (QED) is 0.818. The van der Waals surface area contributed by atoms with Gasteiger partial charge in [-0.3, -0.25) is 4.68 Å². The molecule has 2 heterocycles. The van der Waals surface area contributed by atoms with Gasteiger partial charge >= 0.3 is 0 Å². The first kappa shape index (κ1) is 12.5. The van der Waals surface area contributed by atoms with Crippen molar-refractivity contribution >= 4 is 10.0 Å². The third kappa shape index (κ3) is 2.67. The molecule has 0 bridgehead atoms. The van der Waals surface area contributed by atoms with Crippen molar-refractivity contribution in [3.8, 4) is 0 Å². The first-order valence-corrected chi connectivity index (χ1v) is 7.32. The van der Waals surface area contributed by atoms with Crippen molar-refractivity contribution in [1.82, 2.24) is 19.4 Å². The monoisotopic (exact) mass is 258 g/mol. The molecule has 1 aliphatic heterocycles. The van der Waals surface area contributed by atoms with Gasteiger partial charge in [0.1, 0.15) is 4.90 Å². The Kier molecular flexibility index (Phi) is 3.80. The molecule has 17 heavy (non-hydrogen) atoms. The van der Waals surface area contributed by atoms with Crippen molar-refractivity contribution in [2.24, 2.45) is 0 Å². The Morgan fingerprint density at radius 1 is 1.41 bits per heavy atom. The van der Waals surface area contributed by atoms with Crippen LogP contribution in [0.3, 0.4) is 0 Å². The van der Waals surface area contributed by atoms with Crippen molar-refractivity contribution in [3.63, 3.8) is 0 Å². The predicted octanol–water partition coefficient (Wildman–Crippen LogP) is -0.113. The lowest BCUT2D eigenvalue weighted by Gasteiger charge is -2.25. The summed E-state index contributed by atoms with van der Waals surface area (Å²) in [5, 5.41) is 7.20. The minimum Gasteiger partial charge on any atom is -0.314 e. The lowest BCUT2D eigenvalue weighted by atomic mass is 10.4. The zero-order chi connectivity index (χ0) is 12.3. The van der Waals surface area contributed by atoms with Gasteiger partial charge in [0.15, 0.2) is 0 Å². The van der Waals surface area contributed by atoms with Crippen LogP contribution in [0.2, 0.25) is 0 Å². The molecule has 0 unspecified atom stereocenters. The summed E-state index contributed by atoms with van der Waals surface area (Å²) < 4.78 is 27.7. The van der Waals surface area contributed by atoms with Crippen LogP contribution < -0.4 is 5.32 Å². The van der Waals surface area contributed by atoms with Crippen molar-refractivity contribution in [1.29, 1.82) is 0 Å². The highest BCUT2D eigenvalue weighted by Gasteiger charge is 2.26. The maximum atomic E-state index is 12.2. The number of rotatable bonds is 4. The van der Waals surface area contributed by atoms with E-state index in [1.54, 1.807) is 10.9 Å². The molecule has 0 amide bonds. The van der Waals surface area contributed by atoms with Gasteiger partial charge in [0.25, 0.3) is 0 Å². The average molecular weight is 258 g/mol. The molecule has 0 saturated carbocycles. The third-order valence-electron chi connectivity index (χ3n) is 2.78. The Bertz CT molecular complexity index is 462. The van der Waals surface area contributed by atoms with Crippen LogP contribution in [0, 0.1) is 0 Å². The van der Waals surface area contributed by atoms with E-state index in [2.05, 4.69) is 10.4 Å². The highest BCUT2D eigenvalue weighted by molar-refractivity contribution is 7.89. The number of sulfonamides is 1. The molecule has 7 heteroatoms. The molecule has 1 saturated heterocycles. The van der Waals surface area contributed by atoms with E-state index in [1.807, 2.05) is 6.92 Å². The number of hydrogen-bond acceptors (Lipinski definition) is 4. The number of piperazine rings is 1. The van der Waals surface area contributed by atoms with E-state index in [-0.39, 0.29) is 0 Å². The molecule has 6 nitrogen and oxygen atoms in total. The number of hydrogen-bond donors (Lipinski definition) is 1. The fourth-order valence-electron chi connectivity index (χ4n) is 1.86. The highest BCUT2D eigenvalue weighted by atomic mass is 32.2. The van der Waals surface area contributed by atoms with E-state index in [0.29, 0.717) is 31.1 Å². The molecule has 0 spiro atoms. The summed E-state index contributed by atoms with van der Waals surface area (Å²) in [7, 11) is -3.35. The lowest BCUT2D eigenvalue weighted by molar-refractivity contribution is 0.360. The van der Waals surface area contributed by atoms with Crippen LogP contribution in [0.5, 0.6) is 0 Å². The van der Waals surface area contributed by atoms with Gasteiger partial charge in [0.05, 0.1) is 6.20 Å². The maximum Gasteiger partial charge on any atom is 0.246 e. The summed E-state index contributed by atoms with van der Waals surface area (Å²) in [5.74, 6) is 0. The second kappa shape index (κ2) is 5.16. The molecule has 1 N–H and O–H groups in total.